The third-order valence-electron chi connectivity index (χ3n) is 6.46. The number of fused-ring (bicyclic) bond motifs is 3. The molecule has 3 aromatic carbocycles. The highest BCUT2D eigenvalue weighted by atomic mass is 32.2. The molecule has 1 aliphatic rings. The maximum Gasteiger partial charge on any atom is 0.263 e. The number of morpholine rings is 1. The molecule has 0 aliphatic carbocycles. The lowest BCUT2D eigenvalue weighted by Crippen LogP contribution is -2.46. The summed E-state index contributed by atoms with van der Waals surface area (Å²) in [5.74, 6) is 0.313. The number of carbonyl (C=O) groups excluding carboxylic acids is 1. The molecule has 1 atom stereocenters. The van der Waals surface area contributed by atoms with E-state index in [9.17, 15) is 13.2 Å². The Morgan fingerprint density at radius 2 is 1.69 bits per heavy atom. The van der Waals surface area contributed by atoms with Crippen LogP contribution in [-0.2, 0) is 26.1 Å². The van der Waals surface area contributed by atoms with E-state index in [2.05, 4.69) is 22.3 Å². The number of para-hydroxylation sites is 1. The maximum absolute atomic E-state index is 13.1. The van der Waals surface area contributed by atoms with Crippen LogP contribution in [0.1, 0.15) is 13.8 Å². The molecule has 0 radical (unpaired) electrons. The van der Waals surface area contributed by atoms with E-state index in [0.29, 0.717) is 37.7 Å². The molecule has 9 heteroatoms. The molecule has 0 bridgehead atoms. The van der Waals surface area contributed by atoms with Crippen molar-refractivity contribution in [3.05, 3.63) is 66.7 Å². The fourth-order valence-corrected chi connectivity index (χ4v) is 5.71. The number of ether oxygens (including phenoxy) is 2. The Morgan fingerprint density at radius 1 is 1.00 bits per heavy atom. The summed E-state index contributed by atoms with van der Waals surface area (Å²) in [6, 6.07) is 19.8. The number of aryl methyl sites for hydroxylation is 1. The molecule has 36 heavy (non-hydrogen) atoms. The first-order valence-corrected chi connectivity index (χ1v) is 13.5. The molecule has 1 fully saturated rings. The van der Waals surface area contributed by atoms with Crippen LogP contribution in [0.25, 0.3) is 21.8 Å². The van der Waals surface area contributed by atoms with Gasteiger partial charge in [0.2, 0.25) is 0 Å². The standard InChI is InChI=1S/C27H29N3O5S/c1-3-30-25-7-5-4-6-23(25)24-18-20(8-13-26(24)30)28-36(32,33)22-11-9-21(10-12-22)35-19(2)27(31)29-14-16-34-17-15-29/h4-13,18-19,28H,3,14-17H2,1-2H3/t19-/m0/s1. The first-order chi connectivity index (χ1) is 17.4. The highest BCUT2D eigenvalue weighted by Gasteiger charge is 2.24. The third kappa shape index (κ3) is 4.64. The number of carbonyl (C=O) groups is 1. The number of hydrogen-bond donors (Lipinski definition) is 1. The molecule has 0 saturated carbocycles. The second kappa shape index (κ2) is 9.83. The van der Waals surface area contributed by atoms with Gasteiger partial charge < -0.3 is 18.9 Å². The number of nitrogens with zero attached hydrogens (tertiary/aromatic N) is 2. The first kappa shape index (κ1) is 24.1. The van der Waals surface area contributed by atoms with Gasteiger partial charge in [0.25, 0.3) is 15.9 Å². The Kier molecular flexibility index (Phi) is 6.59. The Hall–Kier alpha value is -3.56. The van der Waals surface area contributed by atoms with Crippen molar-refractivity contribution in [3.63, 3.8) is 0 Å². The van der Waals surface area contributed by atoms with Crippen molar-refractivity contribution in [2.45, 2.75) is 31.4 Å². The van der Waals surface area contributed by atoms with Crippen molar-refractivity contribution in [1.29, 1.82) is 0 Å². The maximum atomic E-state index is 13.1. The minimum absolute atomic E-state index is 0.109. The average Bonchev–Trinajstić information content (AvgIpc) is 3.21. The summed E-state index contributed by atoms with van der Waals surface area (Å²) in [6.07, 6.45) is -0.680. The number of benzene rings is 3. The molecule has 1 saturated heterocycles. The van der Waals surface area contributed by atoms with E-state index in [1.54, 1.807) is 30.0 Å². The van der Waals surface area contributed by atoms with Crippen LogP contribution in [0.5, 0.6) is 5.75 Å². The predicted molar refractivity (Wildman–Crippen MR) is 140 cm³/mol. The van der Waals surface area contributed by atoms with Crippen LogP contribution >= 0.6 is 0 Å². The van der Waals surface area contributed by atoms with Crippen LogP contribution in [0.3, 0.4) is 0 Å². The van der Waals surface area contributed by atoms with Gasteiger partial charge in [-0.05, 0) is 62.4 Å². The highest BCUT2D eigenvalue weighted by molar-refractivity contribution is 7.92. The van der Waals surface area contributed by atoms with Gasteiger partial charge in [-0.3, -0.25) is 9.52 Å². The number of aromatic nitrogens is 1. The van der Waals surface area contributed by atoms with E-state index >= 15 is 0 Å². The van der Waals surface area contributed by atoms with Crippen LogP contribution in [0.15, 0.2) is 71.6 Å². The molecule has 1 amide bonds. The van der Waals surface area contributed by atoms with Crippen molar-refractivity contribution in [1.82, 2.24) is 9.47 Å². The molecule has 1 N–H and O–H groups in total. The molecule has 0 spiro atoms. The third-order valence-corrected chi connectivity index (χ3v) is 7.86. The normalized spacial score (nSPS) is 15.2. The van der Waals surface area contributed by atoms with E-state index in [1.165, 1.54) is 12.1 Å². The second-order valence-electron chi connectivity index (χ2n) is 8.77. The zero-order valence-electron chi connectivity index (χ0n) is 20.3. The molecule has 1 aromatic heterocycles. The minimum atomic E-state index is -3.81. The fourth-order valence-electron chi connectivity index (χ4n) is 4.66. The number of sulfonamides is 1. The Morgan fingerprint density at radius 3 is 2.42 bits per heavy atom. The molecule has 2 heterocycles. The Labute approximate surface area is 210 Å². The lowest BCUT2D eigenvalue weighted by Gasteiger charge is -2.29. The molecule has 1 aliphatic heterocycles. The van der Waals surface area contributed by atoms with Gasteiger partial charge in [-0.1, -0.05) is 18.2 Å². The van der Waals surface area contributed by atoms with E-state index in [-0.39, 0.29) is 10.8 Å². The number of amides is 1. The van der Waals surface area contributed by atoms with Gasteiger partial charge in [0.1, 0.15) is 5.75 Å². The van der Waals surface area contributed by atoms with Crippen molar-refractivity contribution < 1.29 is 22.7 Å². The molecule has 188 valence electrons. The zero-order chi connectivity index (χ0) is 25.3. The van der Waals surface area contributed by atoms with Crippen LogP contribution in [0, 0.1) is 0 Å². The molecule has 5 rings (SSSR count). The molecule has 8 nitrogen and oxygen atoms in total. The lowest BCUT2D eigenvalue weighted by atomic mass is 10.1. The largest absolute Gasteiger partial charge is 0.481 e. The summed E-state index contributed by atoms with van der Waals surface area (Å²) in [6.45, 7) is 6.72. The van der Waals surface area contributed by atoms with Crippen molar-refractivity contribution in [2.75, 3.05) is 31.0 Å². The SMILES string of the molecule is CCn1c2ccccc2c2cc(NS(=O)(=O)c3ccc(O[C@@H](C)C(=O)N4CCOCC4)cc3)ccc21. The molecule has 0 unspecified atom stereocenters. The predicted octanol–water partition coefficient (Wildman–Crippen LogP) is 4.24. The number of hydrogen-bond acceptors (Lipinski definition) is 5. The van der Waals surface area contributed by atoms with Gasteiger partial charge >= 0.3 is 0 Å². The van der Waals surface area contributed by atoms with Crippen molar-refractivity contribution >= 4 is 43.4 Å². The zero-order valence-corrected chi connectivity index (χ0v) is 21.1. The van der Waals surface area contributed by atoms with Gasteiger partial charge in [0.05, 0.1) is 18.1 Å². The van der Waals surface area contributed by atoms with Crippen molar-refractivity contribution in [2.24, 2.45) is 0 Å². The van der Waals surface area contributed by atoms with Gasteiger partial charge in [0.15, 0.2) is 6.10 Å². The monoisotopic (exact) mass is 507 g/mol. The topological polar surface area (TPSA) is 89.9 Å². The van der Waals surface area contributed by atoms with E-state index in [1.807, 2.05) is 30.3 Å². The summed E-state index contributed by atoms with van der Waals surface area (Å²) in [5.41, 5.74) is 2.67. The Balaban J connectivity index is 1.32. The fraction of sp³-hybridized carbons (Fsp3) is 0.296. The molecular weight excluding hydrogens is 478 g/mol. The van der Waals surface area contributed by atoms with Gasteiger partial charge in [-0.25, -0.2) is 8.42 Å². The van der Waals surface area contributed by atoms with E-state index in [4.69, 9.17) is 9.47 Å². The van der Waals surface area contributed by atoms with Crippen LogP contribution in [0.2, 0.25) is 0 Å². The summed E-state index contributed by atoms with van der Waals surface area (Å²) >= 11 is 0. The number of anilines is 1. The Bertz CT molecular complexity index is 1510. The van der Waals surface area contributed by atoms with Gasteiger partial charge in [-0.15, -0.1) is 0 Å². The van der Waals surface area contributed by atoms with Crippen LogP contribution in [0.4, 0.5) is 5.69 Å². The lowest BCUT2D eigenvalue weighted by molar-refractivity contribution is -0.142. The van der Waals surface area contributed by atoms with E-state index in [0.717, 1.165) is 28.4 Å². The van der Waals surface area contributed by atoms with Crippen LogP contribution < -0.4 is 9.46 Å². The molecular formula is C27H29N3O5S. The van der Waals surface area contributed by atoms with Crippen molar-refractivity contribution in [3.8, 4) is 5.75 Å². The average molecular weight is 508 g/mol. The smallest absolute Gasteiger partial charge is 0.263 e. The number of nitrogens with one attached hydrogen (secondary N) is 1. The van der Waals surface area contributed by atoms with Crippen LogP contribution in [-0.4, -0.2) is 56.2 Å². The first-order valence-electron chi connectivity index (χ1n) is 12.0. The van der Waals surface area contributed by atoms with Gasteiger partial charge in [-0.2, -0.15) is 0 Å². The quantitative estimate of drug-likeness (QED) is 0.404. The minimum Gasteiger partial charge on any atom is -0.481 e. The molecule has 4 aromatic rings. The highest BCUT2D eigenvalue weighted by Crippen LogP contribution is 2.31. The van der Waals surface area contributed by atoms with Gasteiger partial charge in [0, 0.05) is 47.1 Å². The summed E-state index contributed by atoms with van der Waals surface area (Å²) < 4.78 is 42.1. The second-order valence-corrected chi connectivity index (χ2v) is 10.5. The number of rotatable bonds is 7. The summed E-state index contributed by atoms with van der Waals surface area (Å²) in [5, 5.41) is 2.08. The summed E-state index contributed by atoms with van der Waals surface area (Å²) in [4.78, 5) is 14.4. The van der Waals surface area contributed by atoms with E-state index < -0.39 is 16.1 Å². The summed E-state index contributed by atoms with van der Waals surface area (Å²) in [7, 11) is -3.81.